The maximum Gasteiger partial charge on any atom is 0.123 e. The highest BCUT2D eigenvalue weighted by atomic mass is 19.1. The molecule has 134 valence electrons. The maximum absolute atomic E-state index is 12.9. The van der Waals surface area contributed by atoms with E-state index in [2.05, 4.69) is 17.0 Å². The summed E-state index contributed by atoms with van der Waals surface area (Å²) in [6.07, 6.45) is 3.59. The number of halogens is 1. The van der Waals surface area contributed by atoms with Crippen molar-refractivity contribution in [2.45, 2.75) is 19.3 Å². The number of likely N-dealkylation sites (tertiary alicyclic amines) is 1. The first-order valence-electron chi connectivity index (χ1n) is 8.96. The van der Waals surface area contributed by atoms with Gasteiger partial charge in [0, 0.05) is 6.54 Å². The smallest absolute Gasteiger partial charge is 0.123 e. The van der Waals surface area contributed by atoms with E-state index in [4.69, 9.17) is 9.47 Å². The van der Waals surface area contributed by atoms with Gasteiger partial charge in [0.15, 0.2) is 0 Å². The van der Waals surface area contributed by atoms with E-state index in [1.54, 1.807) is 19.2 Å². The quantitative estimate of drug-likeness (QED) is 0.753. The zero-order chi connectivity index (χ0) is 17.5. The molecule has 1 aliphatic heterocycles. The van der Waals surface area contributed by atoms with Gasteiger partial charge >= 0.3 is 0 Å². The van der Waals surface area contributed by atoms with E-state index in [9.17, 15) is 4.39 Å². The van der Waals surface area contributed by atoms with Crippen molar-refractivity contribution >= 4 is 0 Å². The van der Waals surface area contributed by atoms with Crippen LogP contribution in [0.1, 0.15) is 18.4 Å². The van der Waals surface area contributed by atoms with E-state index in [-0.39, 0.29) is 5.82 Å². The fraction of sp³-hybridized carbons (Fsp3) is 0.429. The average Bonchev–Trinajstić information content (AvgIpc) is 2.65. The van der Waals surface area contributed by atoms with Crippen molar-refractivity contribution in [3.63, 3.8) is 0 Å². The molecule has 3 nitrogen and oxygen atoms in total. The molecule has 4 heteroatoms. The van der Waals surface area contributed by atoms with Crippen molar-refractivity contribution in [2.24, 2.45) is 5.92 Å². The SMILES string of the molecule is COc1ccc(CC2CCN(CCOc3ccc(F)cc3)CC2)cc1. The Hall–Kier alpha value is -2.07. The molecule has 0 radical (unpaired) electrons. The van der Waals surface area contributed by atoms with Crippen molar-refractivity contribution in [3.05, 3.63) is 59.9 Å². The lowest BCUT2D eigenvalue weighted by atomic mass is 9.90. The van der Waals surface area contributed by atoms with E-state index >= 15 is 0 Å². The second-order valence-corrected chi connectivity index (χ2v) is 6.64. The summed E-state index contributed by atoms with van der Waals surface area (Å²) in [5, 5.41) is 0. The van der Waals surface area contributed by atoms with Crippen LogP contribution in [-0.2, 0) is 6.42 Å². The number of benzene rings is 2. The van der Waals surface area contributed by atoms with Gasteiger partial charge in [0.05, 0.1) is 7.11 Å². The summed E-state index contributed by atoms with van der Waals surface area (Å²) < 4.78 is 23.8. The number of methoxy groups -OCH3 is 1. The van der Waals surface area contributed by atoms with E-state index in [0.717, 1.165) is 43.5 Å². The van der Waals surface area contributed by atoms with Gasteiger partial charge in [0.2, 0.25) is 0 Å². The summed E-state index contributed by atoms with van der Waals surface area (Å²) in [6, 6.07) is 14.6. The molecular formula is C21H26FNO2. The van der Waals surface area contributed by atoms with Crippen LogP contribution in [-0.4, -0.2) is 38.3 Å². The van der Waals surface area contributed by atoms with Crippen LogP contribution < -0.4 is 9.47 Å². The normalized spacial score (nSPS) is 15.9. The number of nitrogens with zero attached hydrogens (tertiary/aromatic N) is 1. The molecule has 25 heavy (non-hydrogen) atoms. The third kappa shape index (κ3) is 5.46. The minimum atomic E-state index is -0.230. The Bertz CT molecular complexity index is 634. The van der Waals surface area contributed by atoms with Crippen LogP contribution in [0.3, 0.4) is 0 Å². The fourth-order valence-electron chi connectivity index (χ4n) is 3.33. The molecule has 0 aromatic heterocycles. The zero-order valence-corrected chi connectivity index (χ0v) is 14.8. The van der Waals surface area contributed by atoms with E-state index in [1.165, 1.54) is 30.5 Å². The Balaban J connectivity index is 1.36. The van der Waals surface area contributed by atoms with Crippen LogP contribution in [0.2, 0.25) is 0 Å². The molecule has 0 amide bonds. The molecule has 0 N–H and O–H groups in total. The minimum absolute atomic E-state index is 0.230. The van der Waals surface area contributed by atoms with Crippen LogP contribution in [0.25, 0.3) is 0 Å². The number of ether oxygens (including phenoxy) is 2. The molecule has 0 unspecified atom stereocenters. The van der Waals surface area contributed by atoms with Gasteiger partial charge < -0.3 is 9.47 Å². The molecule has 1 aliphatic rings. The zero-order valence-electron chi connectivity index (χ0n) is 14.8. The molecule has 0 bridgehead atoms. The third-order valence-corrected chi connectivity index (χ3v) is 4.88. The molecule has 0 saturated carbocycles. The molecule has 0 spiro atoms. The Kier molecular flexibility index (Phi) is 6.29. The molecule has 3 rings (SSSR count). The van der Waals surface area contributed by atoms with Gasteiger partial charge in [0.1, 0.15) is 23.9 Å². The van der Waals surface area contributed by atoms with Crippen LogP contribution in [0.5, 0.6) is 11.5 Å². The van der Waals surface area contributed by atoms with Crippen molar-refractivity contribution in [2.75, 3.05) is 33.4 Å². The first-order chi connectivity index (χ1) is 12.2. The van der Waals surface area contributed by atoms with Gasteiger partial charge in [0.25, 0.3) is 0 Å². The van der Waals surface area contributed by atoms with Crippen LogP contribution in [0.15, 0.2) is 48.5 Å². The number of hydrogen-bond acceptors (Lipinski definition) is 3. The second-order valence-electron chi connectivity index (χ2n) is 6.64. The summed E-state index contributed by atoms with van der Waals surface area (Å²) in [6.45, 7) is 3.81. The van der Waals surface area contributed by atoms with Crippen LogP contribution >= 0.6 is 0 Å². The van der Waals surface area contributed by atoms with Gasteiger partial charge in [-0.25, -0.2) is 4.39 Å². The topological polar surface area (TPSA) is 21.7 Å². The molecular weight excluding hydrogens is 317 g/mol. The van der Waals surface area contributed by atoms with Gasteiger partial charge in [-0.15, -0.1) is 0 Å². The van der Waals surface area contributed by atoms with Crippen molar-refractivity contribution in [3.8, 4) is 11.5 Å². The first kappa shape index (κ1) is 17.7. The second kappa shape index (κ2) is 8.86. The molecule has 0 atom stereocenters. The number of rotatable bonds is 7. The number of piperidine rings is 1. The summed E-state index contributed by atoms with van der Waals surface area (Å²) in [5.74, 6) is 2.17. The van der Waals surface area contributed by atoms with E-state index in [1.807, 2.05) is 12.1 Å². The highest BCUT2D eigenvalue weighted by Crippen LogP contribution is 2.23. The average molecular weight is 343 g/mol. The van der Waals surface area contributed by atoms with Gasteiger partial charge in [-0.3, -0.25) is 4.90 Å². The predicted octanol–water partition coefficient (Wildman–Crippen LogP) is 4.17. The highest BCUT2D eigenvalue weighted by Gasteiger charge is 2.19. The minimum Gasteiger partial charge on any atom is -0.497 e. The largest absolute Gasteiger partial charge is 0.497 e. The first-order valence-corrected chi connectivity index (χ1v) is 8.96. The van der Waals surface area contributed by atoms with Gasteiger partial charge in [-0.05, 0) is 80.2 Å². The molecule has 2 aromatic carbocycles. The van der Waals surface area contributed by atoms with Gasteiger partial charge in [-0.1, -0.05) is 12.1 Å². The summed E-state index contributed by atoms with van der Waals surface area (Å²) in [5.41, 5.74) is 1.39. The van der Waals surface area contributed by atoms with Crippen molar-refractivity contribution < 1.29 is 13.9 Å². The highest BCUT2D eigenvalue weighted by molar-refractivity contribution is 5.27. The van der Waals surface area contributed by atoms with Crippen molar-refractivity contribution in [1.29, 1.82) is 0 Å². The lowest BCUT2D eigenvalue weighted by molar-refractivity contribution is 0.155. The monoisotopic (exact) mass is 343 g/mol. The molecule has 0 aliphatic carbocycles. The lowest BCUT2D eigenvalue weighted by Gasteiger charge is -2.31. The predicted molar refractivity (Wildman–Crippen MR) is 97.8 cm³/mol. The Morgan fingerprint density at radius 1 is 0.960 bits per heavy atom. The molecule has 1 saturated heterocycles. The van der Waals surface area contributed by atoms with E-state index in [0.29, 0.717) is 6.61 Å². The maximum atomic E-state index is 12.9. The standard InChI is InChI=1S/C21H26FNO2/c1-24-20-6-2-17(3-7-20)16-18-10-12-23(13-11-18)14-15-25-21-8-4-19(22)5-9-21/h2-9,18H,10-16H2,1H3. The van der Waals surface area contributed by atoms with Crippen LogP contribution in [0.4, 0.5) is 4.39 Å². The summed E-state index contributed by atoms with van der Waals surface area (Å²) >= 11 is 0. The number of hydrogen-bond donors (Lipinski definition) is 0. The molecule has 1 fully saturated rings. The van der Waals surface area contributed by atoms with Crippen molar-refractivity contribution in [1.82, 2.24) is 4.90 Å². The molecule has 1 heterocycles. The Morgan fingerprint density at radius 3 is 2.24 bits per heavy atom. The summed E-state index contributed by atoms with van der Waals surface area (Å²) in [4.78, 5) is 2.45. The van der Waals surface area contributed by atoms with Gasteiger partial charge in [-0.2, -0.15) is 0 Å². The van der Waals surface area contributed by atoms with Crippen LogP contribution in [0, 0.1) is 11.7 Å². The van der Waals surface area contributed by atoms with E-state index < -0.39 is 0 Å². The Labute approximate surface area is 149 Å². The third-order valence-electron chi connectivity index (χ3n) is 4.88. The Morgan fingerprint density at radius 2 is 1.60 bits per heavy atom. The summed E-state index contributed by atoms with van der Waals surface area (Å²) in [7, 11) is 1.70. The fourth-order valence-corrected chi connectivity index (χ4v) is 3.33. The molecule has 2 aromatic rings. The lowest BCUT2D eigenvalue weighted by Crippen LogP contribution is -2.37.